The molecule has 2 aromatic carbocycles. The van der Waals surface area contributed by atoms with Gasteiger partial charge >= 0.3 is 0 Å². The monoisotopic (exact) mass is 361 g/mol. The molecule has 1 aliphatic rings. The Kier molecular flexibility index (Phi) is 4.47. The standard InChI is InChI=1S/C18H16ClNO3S/c1-13-2-8-17(9-3-13)24(22,23)20-11-10-16(21)12-18(20)14-4-6-15(19)7-5-14/h2-11,18H,12H2,1H3. The Morgan fingerprint density at radius 3 is 2.29 bits per heavy atom. The molecular weight excluding hydrogens is 346 g/mol. The molecule has 4 nitrogen and oxygen atoms in total. The van der Waals surface area contributed by atoms with Crippen LogP contribution in [0.4, 0.5) is 0 Å². The van der Waals surface area contributed by atoms with Crippen LogP contribution in [-0.4, -0.2) is 18.5 Å². The number of allylic oxidation sites excluding steroid dienone is 1. The van der Waals surface area contributed by atoms with Crippen LogP contribution in [0, 0.1) is 6.92 Å². The number of carbonyl (C=O) groups excluding carboxylic acids is 1. The van der Waals surface area contributed by atoms with Crippen molar-refractivity contribution in [3.05, 3.63) is 77.0 Å². The minimum absolute atomic E-state index is 0.100. The fraction of sp³-hybridized carbons (Fsp3) is 0.167. The molecule has 3 rings (SSSR count). The first-order valence-electron chi connectivity index (χ1n) is 7.44. The lowest BCUT2D eigenvalue weighted by Crippen LogP contribution is -2.34. The minimum atomic E-state index is -3.75. The summed E-state index contributed by atoms with van der Waals surface area (Å²) in [6.45, 7) is 1.90. The molecule has 1 aliphatic heterocycles. The lowest BCUT2D eigenvalue weighted by Gasteiger charge is -2.32. The maximum absolute atomic E-state index is 13.0. The van der Waals surface area contributed by atoms with Crippen molar-refractivity contribution < 1.29 is 13.2 Å². The van der Waals surface area contributed by atoms with E-state index < -0.39 is 16.1 Å². The zero-order chi connectivity index (χ0) is 17.3. The van der Waals surface area contributed by atoms with Crippen molar-refractivity contribution >= 4 is 27.4 Å². The minimum Gasteiger partial charge on any atom is -0.295 e. The third-order valence-electron chi connectivity index (χ3n) is 3.96. The van der Waals surface area contributed by atoms with Gasteiger partial charge < -0.3 is 0 Å². The second kappa shape index (κ2) is 6.42. The predicted molar refractivity (Wildman–Crippen MR) is 93.2 cm³/mol. The van der Waals surface area contributed by atoms with Gasteiger partial charge in [0, 0.05) is 17.6 Å². The van der Waals surface area contributed by atoms with E-state index >= 15 is 0 Å². The molecule has 0 saturated heterocycles. The number of rotatable bonds is 3. The number of halogens is 1. The molecule has 1 atom stereocenters. The molecule has 24 heavy (non-hydrogen) atoms. The van der Waals surface area contributed by atoms with E-state index in [1.54, 1.807) is 48.5 Å². The second-order valence-corrected chi connectivity index (χ2v) is 7.98. The summed E-state index contributed by atoms with van der Waals surface area (Å²) in [5, 5.41) is 0.560. The second-order valence-electron chi connectivity index (χ2n) is 5.70. The van der Waals surface area contributed by atoms with Gasteiger partial charge in [-0.1, -0.05) is 41.4 Å². The molecule has 0 aliphatic carbocycles. The smallest absolute Gasteiger partial charge is 0.264 e. The van der Waals surface area contributed by atoms with Gasteiger partial charge in [-0.2, -0.15) is 0 Å². The number of benzene rings is 2. The normalized spacial score (nSPS) is 18.0. The van der Waals surface area contributed by atoms with Crippen LogP contribution in [0.15, 0.2) is 65.7 Å². The number of nitrogens with zero attached hydrogens (tertiary/aromatic N) is 1. The quantitative estimate of drug-likeness (QED) is 0.833. The van der Waals surface area contributed by atoms with Crippen LogP contribution in [0.2, 0.25) is 5.02 Å². The van der Waals surface area contributed by atoms with Gasteiger partial charge in [-0.05, 0) is 42.8 Å². The van der Waals surface area contributed by atoms with Crippen molar-refractivity contribution in [2.24, 2.45) is 0 Å². The van der Waals surface area contributed by atoms with Crippen molar-refractivity contribution in [2.45, 2.75) is 24.3 Å². The molecule has 0 fully saturated rings. The molecule has 6 heteroatoms. The molecule has 1 unspecified atom stereocenters. The van der Waals surface area contributed by atoms with Crippen LogP contribution in [0.25, 0.3) is 0 Å². The highest BCUT2D eigenvalue weighted by Crippen LogP contribution is 2.34. The number of hydrogen-bond acceptors (Lipinski definition) is 3. The number of carbonyl (C=O) groups is 1. The highest BCUT2D eigenvalue weighted by atomic mass is 35.5. The van der Waals surface area contributed by atoms with Gasteiger partial charge in [0.1, 0.15) is 0 Å². The largest absolute Gasteiger partial charge is 0.295 e. The van der Waals surface area contributed by atoms with E-state index in [-0.39, 0.29) is 17.1 Å². The van der Waals surface area contributed by atoms with Gasteiger partial charge in [-0.25, -0.2) is 8.42 Å². The van der Waals surface area contributed by atoms with Gasteiger partial charge in [0.25, 0.3) is 10.0 Å². The van der Waals surface area contributed by atoms with Crippen LogP contribution in [-0.2, 0) is 14.8 Å². The van der Waals surface area contributed by atoms with Crippen LogP contribution >= 0.6 is 11.6 Å². The Labute approximate surface area is 146 Å². The summed E-state index contributed by atoms with van der Waals surface area (Å²) in [4.78, 5) is 12.0. The lowest BCUT2D eigenvalue weighted by molar-refractivity contribution is -0.115. The van der Waals surface area contributed by atoms with E-state index in [0.717, 1.165) is 11.1 Å². The zero-order valence-electron chi connectivity index (χ0n) is 13.0. The van der Waals surface area contributed by atoms with Gasteiger partial charge in [-0.15, -0.1) is 0 Å². The number of hydrogen-bond donors (Lipinski definition) is 0. The van der Waals surface area contributed by atoms with Gasteiger partial charge in [0.15, 0.2) is 5.78 Å². The average Bonchev–Trinajstić information content (AvgIpc) is 2.55. The highest BCUT2D eigenvalue weighted by Gasteiger charge is 2.33. The Morgan fingerprint density at radius 2 is 1.67 bits per heavy atom. The van der Waals surface area contributed by atoms with Crippen LogP contribution in [0.1, 0.15) is 23.6 Å². The van der Waals surface area contributed by atoms with E-state index in [4.69, 9.17) is 11.6 Å². The molecular formula is C18H16ClNO3S. The van der Waals surface area contributed by atoms with Gasteiger partial charge in [0.05, 0.1) is 10.9 Å². The zero-order valence-corrected chi connectivity index (χ0v) is 14.6. The summed E-state index contributed by atoms with van der Waals surface area (Å²) in [5.74, 6) is -0.106. The van der Waals surface area contributed by atoms with E-state index in [1.807, 2.05) is 6.92 Å². The van der Waals surface area contributed by atoms with Crippen molar-refractivity contribution in [1.82, 2.24) is 4.31 Å². The number of sulfonamides is 1. The van der Waals surface area contributed by atoms with E-state index in [2.05, 4.69) is 0 Å². The molecule has 0 saturated carbocycles. The molecule has 1 heterocycles. The summed E-state index contributed by atoms with van der Waals surface area (Å²) >= 11 is 5.90. The first-order chi connectivity index (χ1) is 11.4. The molecule has 0 bridgehead atoms. The Morgan fingerprint density at radius 1 is 1.04 bits per heavy atom. The third kappa shape index (κ3) is 3.23. The van der Waals surface area contributed by atoms with Crippen LogP contribution in [0.5, 0.6) is 0 Å². The summed E-state index contributed by atoms with van der Waals surface area (Å²) in [5.41, 5.74) is 1.71. The maximum Gasteiger partial charge on any atom is 0.264 e. The number of ketones is 1. The molecule has 0 radical (unpaired) electrons. The van der Waals surface area contributed by atoms with E-state index in [1.165, 1.54) is 16.6 Å². The Hall–Kier alpha value is -2.11. The van der Waals surface area contributed by atoms with E-state index in [0.29, 0.717) is 5.02 Å². The fourth-order valence-electron chi connectivity index (χ4n) is 2.64. The molecule has 0 amide bonds. The van der Waals surface area contributed by atoms with Gasteiger partial charge in [0.2, 0.25) is 0 Å². The van der Waals surface area contributed by atoms with Crippen molar-refractivity contribution in [2.75, 3.05) is 0 Å². The van der Waals surface area contributed by atoms with Crippen LogP contribution < -0.4 is 0 Å². The topological polar surface area (TPSA) is 54.5 Å². The Bertz CT molecular complexity index is 887. The highest BCUT2D eigenvalue weighted by molar-refractivity contribution is 7.89. The number of aryl methyl sites for hydroxylation is 1. The molecule has 0 spiro atoms. The first kappa shape index (κ1) is 16.7. The predicted octanol–water partition coefficient (Wildman–Crippen LogP) is 3.87. The van der Waals surface area contributed by atoms with Crippen molar-refractivity contribution in [3.63, 3.8) is 0 Å². The SMILES string of the molecule is Cc1ccc(S(=O)(=O)N2C=CC(=O)CC2c2ccc(Cl)cc2)cc1. The fourth-order valence-corrected chi connectivity index (χ4v) is 4.24. The summed E-state index contributed by atoms with van der Waals surface area (Å²) in [6, 6.07) is 13.0. The molecule has 0 N–H and O–H groups in total. The summed E-state index contributed by atoms with van der Waals surface area (Å²) in [6.07, 6.45) is 2.75. The van der Waals surface area contributed by atoms with Gasteiger partial charge in [-0.3, -0.25) is 9.10 Å². The third-order valence-corrected chi connectivity index (χ3v) is 6.01. The van der Waals surface area contributed by atoms with E-state index in [9.17, 15) is 13.2 Å². The summed E-state index contributed by atoms with van der Waals surface area (Å²) in [7, 11) is -3.75. The first-order valence-corrected chi connectivity index (χ1v) is 9.26. The van der Waals surface area contributed by atoms with Crippen LogP contribution in [0.3, 0.4) is 0 Å². The molecule has 0 aromatic heterocycles. The molecule has 2 aromatic rings. The van der Waals surface area contributed by atoms with Crippen molar-refractivity contribution in [1.29, 1.82) is 0 Å². The van der Waals surface area contributed by atoms with Crippen molar-refractivity contribution in [3.8, 4) is 0 Å². The maximum atomic E-state index is 13.0. The summed E-state index contributed by atoms with van der Waals surface area (Å²) < 4.78 is 27.2. The lowest BCUT2D eigenvalue weighted by atomic mass is 9.99. The molecule has 124 valence electrons. The Balaban J connectivity index is 2.05. The average molecular weight is 362 g/mol.